The van der Waals surface area contributed by atoms with E-state index in [4.69, 9.17) is 14.2 Å². The summed E-state index contributed by atoms with van der Waals surface area (Å²) in [5.74, 6) is -2.26. The van der Waals surface area contributed by atoms with E-state index in [-0.39, 0.29) is 39.3 Å². The van der Waals surface area contributed by atoms with Gasteiger partial charge in [-0.2, -0.15) is 0 Å². The molecule has 0 unspecified atom stereocenters. The number of aromatic hydroxyl groups is 1. The molecule has 0 radical (unpaired) electrons. The Morgan fingerprint density at radius 3 is 2.33 bits per heavy atom. The van der Waals surface area contributed by atoms with Gasteiger partial charge in [0.25, 0.3) is 0 Å². The summed E-state index contributed by atoms with van der Waals surface area (Å²) in [5, 5.41) is 40.8. The van der Waals surface area contributed by atoms with Gasteiger partial charge >= 0.3 is 5.97 Å². The molecule has 4 N–H and O–H groups in total. The Morgan fingerprint density at radius 2 is 1.67 bits per heavy atom. The maximum absolute atomic E-state index is 13.2. The number of fused-ring (bicyclic) bond motifs is 2. The topological polar surface area (TPSA) is 160 Å². The summed E-state index contributed by atoms with van der Waals surface area (Å²) in [6, 6.07) is 5.23. The van der Waals surface area contributed by atoms with E-state index in [1.165, 1.54) is 45.0 Å². The molecule has 10 nitrogen and oxygen atoms in total. The van der Waals surface area contributed by atoms with Crippen LogP contribution in [-0.2, 0) is 9.53 Å². The minimum absolute atomic E-state index is 0.0124. The lowest BCUT2D eigenvalue weighted by Gasteiger charge is -2.39. The third kappa shape index (κ3) is 3.76. The lowest BCUT2D eigenvalue weighted by atomic mass is 9.82. The zero-order valence-electron chi connectivity index (χ0n) is 17.9. The molecule has 0 spiro atoms. The summed E-state index contributed by atoms with van der Waals surface area (Å²) < 4.78 is 16.1. The van der Waals surface area contributed by atoms with Crippen LogP contribution in [0.2, 0.25) is 0 Å². The van der Waals surface area contributed by atoms with E-state index in [1.54, 1.807) is 0 Å². The Labute approximate surface area is 187 Å². The average molecular weight is 458 g/mol. The Hall–Kier alpha value is -3.31. The van der Waals surface area contributed by atoms with Gasteiger partial charge in [0.05, 0.1) is 11.7 Å². The second-order valence-electron chi connectivity index (χ2n) is 8.03. The SMILES string of the molecule is CC(=O)Oc1ccc2c(c1)C(=O)c1cc(O[C@H]3O[C@@H](C)[C@@H](O)[C@@H](O)[C@H]3O)c(C)c(O)c1C2=O. The van der Waals surface area contributed by atoms with E-state index in [0.717, 1.165) is 0 Å². The van der Waals surface area contributed by atoms with Gasteiger partial charge in [-0.3, -0.25) is 14.4 Å². The van der Waals surface area contributed by atoms with Gasteiger partial charge in [-0.1, -0.05) is 0 Å². The van der Waals surface area contributed by atoms with Crippen LogP contribution >= 0.6 is 0 Å². The Morgan fingerprint density at radius 1 is 0.970 bits per heavy atom. The highest BCUT2D eigenvalue weighted by atomic mass is 16.7. The molecule has 1 fully saturated rings. The molecule has 174 valence electrons. The monoisotopic (exact) mass is 458 g/mol. The maximum Gasteiger partial charge on any atom is 0.308 e. The smallest absolute Gasteiger partial charge is 0.308 e. The van der Waals surface area contributed by atoms with Crippen molar-refractivity contribution in [2.75, 3.05) is 0 Å². The van der Waals surface area contributed by atoms with Crippen molar-refractivity contribution in [3.8, 4) is 17.2 Å². The van der Waals surface area contributed by atoms with Crippen LogP contribution in [0.3, 0.4) is 0 Å². The molecule has 2 aliphatic rings. The van der Waals surface area contributed by atoms with Gasteiger partial charge in [0.2, 0.25) is 6.29 Å². The summed E-state index contributed by atoms with van der Waals surface area (Å²) in [5.41, 5.74) is -0.208. The van der Waals surface area contributed by atoms with Crippen molar-refractivity contribution in [2.45, 2.75) is 51.5 Å². The lowest BCUT2D eigenvalue weighted by Crippen LogP contribution is -2.58. The molecule has 1 aliphatic heterocycles. The van der Waals surface area contributed by atoms with Crippen molar-refractivity contribution in [3.05, 3.63) is 52.1 Å². The van der Waals surface area contributed by atoms with Crippen LogP contribution in [0.25, 0.3) is 0 Å². The van der Waals surface area contributed by atoms with Crippen molar-refractivity contribution in [2.24, 2.45) is 0 Å². The number of phenols is 1. The average Bonchev–Trinajstić information content (AvgIpc) is 2.76. The van der Waals surface area contributed by atoms with Crippen molar-refractivity contribution < 1.29 is 49.0 Å². The first-order valence-electron chi connectivity index (χ1n) is 10.2. The number of aliphatic hydroxyl groups excluding tert-OH is 3. The highest BCUT2D eigenvalue weighted by Gasteiger charge is 2.44. The van der Waals surface area contributed by atoms with Crippen LogP contribution in [0.5, 0.6) is 17.2 Å². The number of aliphatic hydroxyl groups is 3. The number of esters is 1. The van der Waals surface area contributed by atoms with Gasteiger partial charge in [0.15, 0.2) is 11.6 Å². The number of hydrogen-bond acceptors (Lipinski definition) is 10. The first-order chi connectivity index (χ1) is 15.5. The first-order valence-corrected chi connectivity index (χ1v) is 10.2. The third-order valence-electron chi connectivity index (χ3n) is 5.77. The lowest BCUT2D eigenvalue weighted by molar-refractivity contribution is -0.268. The normalized spacial score (nSPS) is 26.4. The van der Waals surface area contributed by atoms with Crippen LogP contribution in [0.15, 0.2) is 24.3 Å². The number of carbonyl (C=O) groups excluding carboxylic acids is 3. The second kappa shape index (κ2) is 8.23. The summed E-state index contributed by atoms with van der Waals surface area (Å²) in [7, 11) is 0. The molecular formula is C23H22O10. The molecule has 0 saturated carbocycles. The fourth-order valence-electron chi connectivity index (χ4n) is 3.93. The fourth-order valence-corrected chi connectivity index (χ4v) is 3.93. The molecule has 4 rings (SSSR count). The van der Waals surface area contributed by atoms with Crippen LogP contribution in [0, 0.1) is 6.92 Å². The molecule has 0 amide bonds. The Bertz CT molecular complexity index is 1170. The van der Waals surface area contributed by atoms with E-state index < -0.39 is 54.0 Å². The number of benzene rings is 2. The van der Waals surface area contributed by atoms with Gasteiger partial charge in [-0.25, -0.2) is 0 Å². The number of rotatable bonds is 3. The van der Waals surface area contributed by atoms with Gasteiger partial charge < -0.3 is 34.6 Å². The van der Waals surface area contributed by atoms with Crippen LogP contribution in [0.4, 0.5) is 0 Å². The zero-order chi connectivity index (χ0) is 24.2. The van der Waals surface area contributed by atoms with E-state index >= 15 is 0 Å². The largest absolute Gasteiger partial charge is 0.507 e. The summed E-state index contributed by atoms with van der Waals surface area (Å²) in [6.45, 7) is 4.13. The van der Waals surface area contributed by atoms with Gasteiger partial charge in [0, 0.05) is 29.2 Å². The number of carbonyl (C=O) groups is 3. The molecule has 1 heterocycles. The van der Waals surface area contributed by atoms with Crippen molar-refractivity contribution in [1.82, 2.24) is 0 Å². The maximum atomic E-state index is 13.2. The summed E-state index contributed by atoms with van der Waals surface area (Å²) >= 11 is 0. The second-order valence-corrected chi connectivity index (χ2v) is 8.03. The van der Waals surface area contributed by atoms with Crippen molar-refractivity contribution in [3.63, 3.8) is 0 Å². The highest BCUT2D eigenvalue weighted by molar-refractivity contribution is 6.29. The van der Waals surface area contributed by atoms with Crippen molar-refractivity contribution in [1.29, 1.82) is 0 Å². The molecule has 0 bridgehead atoms. The predicted molar refractivity (Wildman–Crippen MR) is 110 cm³/mol. The molecule has 0 aromatic heterocycles. The molecule has 2 aromatic rings. The minimum Gasteiger partial charge on any atom is -0.507 e. The highest BCUT2D eigenvalue weighted by Crippen LogP contribution is 2.41. The third-order valence-corrected chi connectivity index (χ3v) is 5.77. The quantitative estimate of drug-likeness (QED) is 0.323. The minimum atomic E-state index is -1.61. The van der Waals surface area contributed by atoms with Crippen molar-refractivity contribution >= 4 is 17.5 Å². The molecule has 33 heavy (non-hydrogen) atoms. The van der Waals surface area contributed by atoms with Crippen LogP contribution in [-0.4, -0.2) is 68.7 Å². The zero-order valence-corrected chi connectivity index (χ0v) is 17.9. The fraction of sp³-hybridized carbons (Fsp3) is 0.348. The van der Waals surface area contributed by atoms with E-state index in [9.17, 15) is 34.8 Å². The summed E-state index contributed by atoms with van der Waals surface area (Å²) in [4.78, 5) is 37.5. The molecule has 10 heteroatoms. The number of ketones is 2. The predicted octanol–water partition coefficient (Wildman–Crippen LogP) is 0.608. The first kappa shape index (κ1) is 22.9. The van der Waals surface area contributed by atoms with Crippen LogP contribution in [0.1, 0.15) is 51.3 Å². The summed E-state index contributed by atoms with van der Waals surface area (Å²) in [6.07, 6.45) is -6.76. The molecule has 1 saturated heterocycles. The molecule has 5 atom stereocenters. The number of ether oxygens (including phenoxy) is 3. The number of phenolic OH excluding ortho intramolecular Hbond substituents is 1. The standard InChI is InChI=1S/C23H22O10/c1-8-15(33-23-22(30)21(29)18(26)9(2)31-23)7-14-16(17(8)25)20(28)12-5-4-11(32-10(3)24)6-13(12)19(14)27/h4-7,9,18,21-23,25-26,29-30H,1-3H3/t9-,18+,21+,22+,23+/m0/s1. The molecular weight excluding hydrogens is 436 g/mol. The van der Waals surface area contributed by atoms with Gasteiger partial charge in [0.1, 0.15) is 35.6 Å². The Balaban J connectivity index is 1.74. The number of hydrogen-bond donors (Lipinski definition) is 4. The van der Waals surface area contributed by atoms with Gasteiger partial charge in [-0.05, 0) is 38.1 Å². The van der Waals surface area contributed by atoms with Gasteiger partial charge in [-0.15, -0.1) is 0 Å². The van der Waals surface area contributed by atoms with E-state index in [0.29, 0.717) is 0 Å². The van der Waals surface area contributed by atoms with Crippen LogP contribution < -0.4 is 9.47 Å². The molecule has 2 aromatic carbocycles. The van der Waals surface area contributed by atoms with E-state index in [1.807, 2.05) is 0 Å². The van der Waals surface area contributed by atoms with E-state index in [2.05, 4.69) is 0 Å². The molecule has 1 aliphatic carbocycles. The Kier molecular flexibility index (Phi) is 5.71.